The molecule has 1 fully saturated rings. The molecule has 1 aromatic rings. The number of rotatable bonds is 4. The summed E-state index contributed by atoms with van der Waals surface area (Å²) in [6.07, 6.45) is 2.94. The minimum Gasteiger partial charge on any atom is -0.490 e. The van der Waals surface area contributed by atoms with Crippen molar-refractivity contribution in [3.63, 3.8) is 0 Å². The maximum atomic E-state index is 5.91. The van der Waals surface area contributed by atoms with Crippen molar-refractivity contribution < 1.29 is 4.74 Å². The third-order valence-electron chi connectivity index (χ3n) is 3.11. The summed E-state index contributed by atoms with van der Waals surface area (Å²) >= 11 is 0. The second-order valence-electron chi connectivity index (χ2n) is 5.46. The first kappa shape index (κ1) is 11.5. The summed E-state index contributed by atoms with van der Waals surface area (Å²) in [6.45, 7) is 8.95. The Bertz CT molecular complexity index is 335. The van der Waals surface area contributed by atoms with Gasteiger partial charge in [0.05, 0.1) is 6.10 Å². The van der Waals surface area contributed by atoms with E-state index < -0.39 is 0 Å². The van der Waals surface area contributed by atoms with Crippen LogP contribution in [0.25, 0.3) is 0 Å². The van der Waals surface area contributed by atoms with Crippen molar-refractivity contribution in [2.45, 2.75) is 58.5 Å². The molecule has 1 heteroatoms. The Balaban J connectivity index is 2.27. The summed E-state index contributed by atoms with van der Waals surface area (Å²) in [4.78, 5) is 0. The first-order valence-electron chi connectivity index (χ1n) is 6.38. The predicted molar refractivity (Wildman–Crippen MR) is 68.3 cm³/mol. The van der Waals surface area contributed by atoms with Crippen LogP contribution < -0.4 is 4.74 Å². The highest BCUT2D eigenvalue weighted by atomic mass is 16.5. The monoisotopic (exact) mass is 218 g/mol. The van der Waals surface area contributed by atoms with E-state index in [1.54, 1.807) is 0 Å². The van der Waals surface area contributed by atoms with E-state index in [9.17, 15) is 0 Å². The molecule has 16 heavy (non-hydrogen) atoms. The average molecular weight is 218 g/mol. The van der Waals surface area contributed by atoms with E-state index in [-0.39, 0.29) is 0 Å². The molecule has 1 nitrogen and oxygen atoms in total. The lowest BCUT2D eigenvalue weighted by atomic mass is 9.95. The molecule has 0 amide bonds. The summed E-state index contributed by atoms with van der Waals surface area (Å²) in [5.74, 6) is 2.21. The summed E-state index contributed by atoms with van der Waals surface area (Å²) in [5.41, 5.74) is 2.78. The van der Waals surface area contributed by atoms with E-state index in [1.165, 1.54) is 24.0 Å². The fourth-order valence-electron chi connectivity index (χ4n) is 1.76. The zero-order valence-electron chi connectivity index (χ0n) is 10.8. The molecule has 0 spiro atoms. The van der Waals surface area contributed by atoms with Crippen LogP contribution in [0.4, 0.5) is 0 Å². The first-order chi connectivity index (χ1) is 7.56. The van der Waals surface area contributed by atoms with Gasteiger partial charge in [-0.25, -0.2) is 0 Å². The lowest BCUT2D eigenvalue weighted by Gasteiger charge is -2.14. The topological polar surface area (TPSA) is 9.23 Å². The van der Waals surface area contributed by atoms with E-state index in [4.69, 9.17) is 4.74 Å². The van der Waals surface area contributed by atoms with Crippen molar-refractivity contribution in [3.05, 3.63) is 29.3 Å². The Hall–Kier alpha value is -0.980. The smallest absolute Gasteiger partial charge is 0.120 e. The van der Waals surface area contributed by atoms with Crippen LogP contribution >= 0.6 is 0 Å². The molecule has 0 unspecified atom stereocenters. The Morgan fingerprint density at radius 1 is 0.938 bits per heavy atom. The summed E-state index contributed by atoms with van der Waals surface area (Å²) in [7, 11) is 0. The number of hydrogen-bond acceptors (Lipinski definition) is 1. The molecule has 1 aliphatic carbocycles. The van der Waals surface area contributed by atoms with Gasteiger partial charge in [0, 0.05) is 0 Å². The van der Waals surface area contributed by atoms with Crippen molar-refractivity contribution in [1.29, 1.82) is 0 Å². The van der Waals surface area contributed by atoms with Gasteiger partial charge in [-0.15, -0.1) is 0 Å². The first-order valence-corrected chi connectivity index (χ1v) is 6.38. The molecule has 0 N–H and O–H groups in total. The van der Waals surface area contributed by atoms with Crippen molar-refractivity contribution in [2.75, 3.05) is 0 Å². The molecule has 1 aromatic carbocycles. The SMILES string of the molecule is CC(C)c1cc(OC2CC2)cc(C(C)C)c1. The Morgan fingerprint density at radius 2 is 1.44 bits per heavy atom. The van der Waals surface area contributed by atoms with E-state index in [0.29, 0.717) is 17.9 Å². The molecule has 0 aromatic heterocycles. The van der Waals surface area contributed by atoms with Gasteiger partial charge in [0.2, 0.25) is 0 Å². The highest BCUT2D eigenvalue weighted by Gasteiger charge is 2.24. The molecule has 0 heterocycles. The van der Waals surface area contributed by atoms with Gasteiger partial charge in [-0.2, -0.15) is 0 Å². The second kappa shape index (κ2) is 4.48. The highest BCUT2D eigenvalue weighted by molar-refractivity contribution is 5.37. The summed E-state index contributed by atoms with van der Waals surface area (Å²) in [6, 6.07) is 6.72. The molecule has 0 bridgehead atoms. The zero-order chi connectivity index (χ0) is 11.7. The van der Waals surface area contributed by atoms with E-state index in [0.717, 1.165) is 5.75 Å². The fourth-order valence-corrected chi connectivity index (χ4v) is 1.76. The molecule has 0 radical (unpaired) electrons. The number of hydrogen-bond donors (Lipinski definition) is 0. The van der Waals surface area contributed by atoms with Gasteiger partial charge in [-0.3, -0.25) is 0 Å². The minimum absolute atomic E-state index is 0.488. The number of benzene rings is 1. The normalized spacial score (nSPS) is 15.9. The van der Waals surface area contributed by atoms with Crippen molar-refractivity contribution in [3.8, 4) is 5.75 Å². The number of ether oxygens (including phenoxy) is 1. The molecule has 1 aliphatic rings. The van der Waals surface area contributed by atoms with Crippen molar-refractivity contribution >= 4 is 0 Å². The maximum Gasteiger partial charge on any atom is 0.120 e. The van der Waals surface area contributed by atoms with Crippen LogP contribution in [-0.4, -0.2) is 6.10 Å². The third-order valence-corrected chi connectivity index (χ3v) is 3.11. The standard InChI is InChI=1S/C15H22O/c1-10(2)12-7-13(11(3)4)9-15(8-12)16-14-5-6-14/h7-11,14H,5-6H2,1-4H3. The quantitative estimate of drug-likeness (QED) is 0.724. The van der Waals surface area contributed by atoms with Gasteiger partial charge in [0.1, 0.15) is 5.75 Å². The predicted octanol–water partition coefficient (Wildman–Crippen LogP) is 4.47. The maximum absolute atomic E-state index is 5.91. The van der Waals surface area contributed by atoms with E-state index in [2.05, 4.69) is 45.9 Å². The zero-order valence-corrected chi connectivity index (χ0v) is 10.8. The van der Waals surface area contributed by atoms with Gasteiger partial charge in [-0.1, -0.05) is 33.8 Å². The van der Waals surface area contributed by atoms with Crippen LogP contribution in [0.1, 0.15) is 63.5 Å². The Morgan fingerprint density at radius 3 is 1.81 bits per heavy atom. The van der Waals surface area contributed by atoms with Crippen LogP contribution in [0, 0.1) is 0 Å². The van der Waals surface area contributed by atoms with Crippen LogP contribution in [0.2, 0.25) is 0 Å². The largest absolute Gasteiger partial charge is 0.490 e. The van der Waals surface area contributed by atoms with Crippen LogP contribution in [0.3, 0.4) is 0 Å². The average Bonchev–Trinajstić information content (AvgIpc) is 3.01. The third kappa shape index (κ3) is 2.78. The van der Waals surface area contributed by atoms with Gasteiger partial charge >= 0.3 is 0 Å². The van der Waals surface area contributed by atoms with Crippen LogP contribution in [-0.2, 0) is 0 Å². The molecule has 0 saturated heterocycles. The van der Waals surface area contributed by atoms with Gasteiger partial charge in [-0.05, 0) is 47.9 Å². The van der Waals surface area contributed by atoms with Gasteiger partial charge < -0.3 is 4.74 Å². The lowest BCUT2D eigenvalue weighted by molar-refractivity contribution is 0.302. The molecular formula is C15H22O. The Labute approximate surface area is 98.8 Å². The lowest BCUT2D eigenvalue weighted by Crippen LogP contribution is -2.00. The van der Waals surface area contributed by atoms with E-state index in [1.807, 2.05) is 0 Å². The molecule has 0 atom stereocenters. The Kier molecular flexibility index (Phi) is 3.22. The van der Waals surface area contributed by atoms with E-state index >= 15 is 0 Å². The van der Waals surface area contributed by atoms with Crippen molar-refractivity contribution in [1.82, 2.24) is 0 Å². The van der Waals surface area contributed by atoms with Crippen LogP contribution in [0.5, 0.6) is 5.75 Å². The second-order valence-corrected chi connectivity index (χ2v) is 5.46. The molecule has 2 rings (SSSR count). The highest BCUT2D eigenvalue weighted by Crippen LogP contribution is 2.31. The molecule has 0 aliphatic heterocycles. The molecular weight excluding hydrogens is 196 g/mol. The van der Waals surface area contributed by atoms with Crippen LogP contribution in [0.15, 0.2) is 18.2 Å². The summed E-state index contributed by atoms with van der Waals surface area (Å²) in [5, 5.41) is 0. The molecule has 1 saturated carbocycles. The van der Waals surface area contributed by atoms with Gasteiger partial charge in [0.25, 0.3) is 0 Å². The fraction of sp³-hybridized carbons (Fsp3) is 0.600. The molecule has 88 valence electrons. The minimum atomic E-state index is 0.488. The van der Waals surface area contributed by atoms with Crippen molar-refractivity contribution in [2.24, 2.45) is 0 Å². The van der Waals surface area contributed by atoms with Gasteiger partial charge in [0.15, 0.2) is 0 Å². The summed E-state index contributed by atoms with van der Waals surface area (Å²) < 4.78 is 5.91.